The quantitative estimate of drug-likeness (QED) is 0.805. The van der Waals surface area contributed by atoms with Gasteiger partial charge in [-0.1, -0.05) is 12.1 Å². The van der Waals surface area contributed by atoms with Crippen molar-refractivity contribution in [2.45, 2.75) is 17.7 Å². The summed E-state index contributed by atoms with van der Waals surface area (Å²) in [6.07, 6.45) is 0. The van der Waals surface area contributed by atoms with Crippen molar-refractivity contribution < 1.29 is 8.42 Å². The van der Waals surface area contributed by atoms with Crippen molar-refractivity contribution in [1.29, 1.82) is 0 Å². The molecule has 0 unspecified atom stereocenters. The number of hydrogen-bond acceptors (Lipinski definition) is 3. The van der Waals surface area contributed by atoms with Crippen LogP contribution in [0.2, 0.25) is 0 Å². The summed E-state index contributed by atoms with van der Waals surface area (Å²) in [7, 11) is -3.36. The van der Waals surface area contributed by atoms with Crippen molar-refractivity contribution >= 4 is 33.4 Å². The Morgan fingerprint density at radius 3 is 2.61 bits per heavy atom. The fourth-order valence-electron chi connectivity index (χ4n) is 1.93. The molecule has 100 valence electrons. The molecule has 1 fully saturated rings. The number of thioether (sulfide) groups is 1. The van der Waals surface area contributed by atoms with Crippen LogP contribution in [0.25, 0.3) is 0 Å². The molecule has 1 aromatic carbocycles. The topological polar surface area (TPSA) is 37.4 Å². The third kappa shape index (κ3) is 2.85. The van der Waals surface area contributed by atoms with Gasteiger partial charge in [-0.05, 0) is 24.1 Å². The molecule has 0 bridgehead atoms. The maximum Gasteiger partial charge on any atom is 0.243 e. The smallest absolute Gasteiger partial charge is 0.207 e. The van der Waals surface area contributed by atoms with E-state index in [1.54, 1.807) is 22.1 Å². The highest BCUT2D eigenvalue weighted by Crippen LogP contribution is 2.24. The minimum atomic E-state index is -3.36. The molecule has 1 heterocycles. The van der Waals surface area contributed by atoms with Crippen LogP contribution >= 0.6 is 23.4 Å². The van der Waals surface area contributed by atoms with E-state index in [2.05, 4.69) is 0 Å². The van der Waals surface area contributed by atoms with Gasteiger partial charge in [-0.3, -0.25) is 0 Å². The van der Waals surface area contributed by atoms with Gasteiger partial charge >= 0.3 is 0 Å². The molecule has 0 radical (unpaired) electrons. The zero-order chi connectivity index (χ0) is 13.2. The Bertz CT molecular complexity index is 525. The highest BCUT2D eigenvalue weighted by molar-refractivity contribution is 7.99. The molecule has 0 aromatic heterocycles. The molecule has 2 rings (SSSR count). The lowest BCUT2D eigenvalue weighted by atomic mass is 10.2. The molecule has 0 amide bonds. The van der Waals surface area contributed by atoms with Gasteiger partial charge in [0.2, 0.25) is 10.0 Å². The SMILES string of the molecule is Cc1ccc(CCl)cc1S(=O)(=O)N1CCSCC1. The second-order valence-electron chi connectivity index (χ2n) is 4.25. The molecule has 1 saturated heterocycles. The Morgan fingerprint density at radius 2 is 2.00 bits per heavy atom. The fourth-order valence-corrected chi connectivity index (χ4v) is 4.95. The Kier molecular flexibility index (Phi) is 4.59. The molecule has 0 aliphatic carbocycles. The predicted molar refractivity (Wildman–Crippen MR) is 76.8 cm³/mol. The Labute approximate surface area is 118 Å². The van der Waals surface area contributed by atoms with Crippen molar-refractivity contribution in [2.24, 2.45) is 0 Å². The second-order valence-corrected chi connectivity index (χ2v) is 7.65. The monoisotopic (exact) mass is 305 g/mol. The molecule has 0 atom stereocenters. The van der Waals surface area contributed by atoms with Crippen LogP contribution in [0.5, 0.6) is 0 Å². The van der Waals surface area contributed by atoms with E-state index in [-0.39, 0.29) is 0 Å². The summed E-state index contributed by atoms with van der Waals surface area (Å²) in [5.41, 5.74) is 1.62. The van der Waals surface area contributed by atoms with Crippen molar-refractivity contribution in [2.75, 3.05) is 24.6 Å². The summed E-state index contributed by atoms with van der Waals surface area (Å²) in [4.78, 5) is 0.396. The van der Waals surface area contributed by atoms with Crippen LogP contribution < -0.4 is 0 Å². The van der Waals surface area contributed by atoms with Crippen LogP contribution in [-0.4, -0.2) is 37.3 Å². The largest absolute Gasteiger partial charge is 0.243 e. The van der Waals surface area contributed by atoms with Gasteiger partial charge in [0.15, 0.2) is 0 Å². The average molecular weight is 306 g/mol. The van der Waals surface area contributed by atoms with Gasteiger partial charge in [0.25, 0.3) is 0 Å². The van der Waals surface area contributed by atoms with E-state index in [1.807, 2.05) is 19.1 Å². The second kappa shape index (κ2) is 5.82. The number of nitrogens with zero attached hydrogens (tertiary/aromatic N) is 1. The lowest BCUT2D eigenvalue weighted by Gasteiger charge is -2.26. The minimum absolute atomic E-state index is 0.332. The Morgan fingerprint density at radius 1 is 1.33 bits per heavy atom. The Hall–Kier alpha value is -0.230. The number of rotatable bonds is 3. The van der Waals surface area contributed by atoms with Crippen LogP contribution in [0, 0.1) is 6.92 Å². The van der Waals surface area contributed by atoms with Crippen molar-refractivity contribution in [1.82, 2.24) is 4.31 Å². The molecule has 18 heavy (non-hydrogen) atoms. The summed E-state index contributed by atoms with van der Waals surface area (Å²) < 4.78 is 26.7. The van der Waals surface area contributed by atoms with E-state index in [9.17, 15) is 8.42 Å². The number of halogens is 1. The minimum Gasteiger partial charge on any atom is -0.207 e. The molecule has 1 aromatic rings. The van der Waals surface area contributed by atoms with E-state index in [0.29, 0.717) is 23.9 Å². The van der Waals surface area contributed by atoms with Gasteiger partial charge in [-0.25, -0.2) is 8.42 Å². The van der Waals surface area contributed by atoms with Gasteiger partial charge in [0, 0.05) is 30.5 Å². The first-order chi connectivity index (χ1) is 8.55. The van der Waals surface area contributed by atoms with Crippen LogP contribution in [-0.2, 0) is 15.9 Å². The summed E-state index contributed by atoms with van der Waals surface area (Å²) >= 11 is 7.57. The summed E-state index contributed by atoms with van der Waals surface area (Å²) in [5, 5.41) is 0. The van der Waals surface area contributed by atoms with Crippen molar-refractivity contribution in [3.63, 3.8) is 0 Å². The normalized spacial score (nSPS) is 17.9. The molecular weight excluding hydrogens is 290 g/mol. The molecule has 3 nitrogen and oxygen atoms in total. The lowest BCUT2D eigenvalue weighted by Crippen LogP contribution is -2.38. The van der Waals surface area contributed by atoms with Gasteiger partial charge in [-0.15, -0.1) is 11.6 Å². The lowest BCUT2D eigenvalue weighted by molar-refractivity contribution is 0.443. The summed E-state index contributed by atoms with van der Waals surface area (Å²) in [6.45, 7) is 3.01. The zero-order valence-electron chi connectivity index (χ0n) is 10.2. The number of benzene rings is 1. The molecule has 0 spiro atoms. The average Bonchev–Trinajstić information content (AvgIpc) is 2.40. The third-order valence-corrected chi connectivity index (χ3v) is 6.29. The third-order valence-electron chi connectivity index (χ3n) is 2.99. The first-order valence-electron chi connectivity index (χ1n) is 5.79. The van der Waals surface area contributed by atoms with E-state index in [4.69, 9.17) is 11.6 Å². The van der Waals surface area contributed by atoms with E-state index in [1.165, 1.54) is 0 Å². The van der Waals surface area contributed by atoms with Crippen molar-refractivity contribution in [3.8, 4) is 0 Å². The highest BCUT2D eigenvalue weighted by atomic mass is 35.5. The molecular formula is C12H16ClNO2S2. The van der Waals surface area contributed by atoms with Gasteiger partial charge in [-0.2, -0.15) is 16.1 Å². The van der Waals surface area contributed by atoms with Crippen LogP contribution in [0.15, 0.2) is 23.1 Å². The van der Waals surface area contributed by atoms with E-state index < -0.39 is 10.0 Å². The molecule has 0 N–H and O–H groups in total. The maximum atomic E-state index is 12.5. The molecule has 1 aliphatic rings. The first-order valence-corrected chi connectivity index (χ1v) is 8.92. The first kappa shape index (κ1) is 14.2. The summed E-state index contributed by atoms with van der Waals surface area (Å²) in [6, 6.07) is 5.39. The number of hydrogen-bond donors (Lipinski definition) is 0. The number of aryl methyl sites for hydroxylation is 1. The van der Waals surface area contributed by atoms with Crippen molar-refractivity contribution in [3.05, 3.63) is 29.3 Å². The Balaban J connectivity index is 2.39. The van der Waals surface area contributed by atoms with E-state index in [0.717, 1.165) is 22.6 Å². The number of alkyl halides is 1. The highest BCUT2D eigenvalue weighted by Gasteiger charge is 2.27. The van der Waals surface area contributed by atoms with Crippen LogP contribution in [0.4, 0.5) is 0 Å². The molecule has 6 heteroatoms. The number of sulfonamides is 1. The standard InChI is InChI=1S/C12H16ClNO2S2/c1-10-2-3-11(9-13)8-12(10)18(15,16)14-4-6-17-7-5-14/h2-3,8H,4-7,9H2,1H3. The van der Waals surface area contributed by atoms with E-state index >= 15 is 0 Å². The molecule has 0 saturated carbocycles. The molecule has 1 aliphatic heterocycles. The zero-order valence-corrected chi connectivity index (χ0v) is 12.6. The van der Waals surface area contributed by atoms with Crippen LogP contribution in [0.3, 0.4) is 0 Å². The van der Waals surface area contributed by atoms with Gasteiger partial charge in [0.1, 0.15) is 0 Å². The van der Waals surface area contributed by atoms with Gasteiger partial charge < -0.3 is 0 Å². The summed E-state index contributed by atoms with van der Waals surface area (Å²) in [5.74, 6) is 2.07. The maximum absolute atomic E-state index is 12.5. The predicted octanol–water partition coefficient (Wildman–Crippen LogP) is 2.47. The fraction of sp³-hybridized carbons (Fsp3) is 0.500. The van der Waals surface area contributed by atoms with Gasteiger partial charge in [0.05, 0.1) is 4.90 Å². The van der Waals surface area contributed by atoms with Crippen LogP contribution in [0.1, 0.15) is 11.1 Å².